The number of nitrogens with zero attached hydrogens (tertiary/aromatic N) is 1. The van der Waals surface area contributed by atoms with E-state index < -0.39 is 17.8 Å². The third-order valence-corrected chi connectivity index (χ3v) is 5.98. The minimum Gasteiger partial charge on any atom is -0.550 e. The molecule has 1 aromatic carbocycles. The van der Waals surface area contributed by atoms with E-state index in [-0.39, 0.29) is 47.3 Å². The van der Waals surface area contributed by atoms with Crippen molar-refractivity contribution in [2.45, 2.75) is 20.4 Å². The maximum Gasteiger partial charge on any atom is 1.00 e. The number of rotatable bonds is 5. The van der Waals surface area contributed by atoms with Crippen molar-refractivity contribution >= 4 is 23.2 Å². The van der Waals surface area contributed by atoms with Gasteiger partial charge in [0.1, 0.15) is 5.01 Å². The molecule has 7 heteroatoms. The summed E-state index contributed by atoms with van der Waals surface area (Å²) in [6.45, 7) is 4.12. The van der Waals surface area contributed by atoms with Crippen LogP contribution < -0.4 is 40.0 Å². The van der Waals surface area contributed by atoms with Crippen LogP contribution in [0.5, 0.6) is 0 Å². The summed E-state index contributed by atoms with van der Waals surface area (Å²) < 4.78 is 0. The summed E-state index contributed by atoms with van der Waals surface area (Å²) in [6, 6.07) is 9.84. The Hall–Kier alpha value is -1.21. The van der Waals surface area contributed by atoms with Gasteiger partial charge in [-0.1, -0.05) is 44.2 Å². The summed E-state index contributed by atoms with van der Waals surface area (Å²) >= 11 is 1.52. The first-order chi connectivity index (χ1) is 11.5. The molecule has 0 saturated heterocycles. The standard InChI is InChI=1S/C18H20N2O3S.Na/c1-10-11(2)15(18(22)23)14(10)16(21)19-8-13-9-20-17(24-13)12-6-4-3-5-7-12;/h3-7,9-11,14-15H,8H2,1-2H3,(H,19,21)(H,22,23);/q;+1/p-1/t10?,11?,14-,15+;/m0./s1. The zero-order chi connectivity index (χ0) is 17.3. The van der Waals surface area contributed by atoms with E-state index in [1.54, 1.807) is 6.20 Å². The van der Waals surface area contributed by atoms with E-state index in [2.05, 4.69) is 10.3 Å². The van der Waals surface area contributed by atoms with Crippen molar-refractivity contribution in [2.24, 2.45) is 23.7 Å². The topological polar surface area (TPSA) is 82.1 Å². The summed E-state index contributed by atoms with van der Waals surface area (Å²) in [5, 5.41) is 14.9. The first-order valence-electron chi connectivity index (χ1n) is 7.97. The van der Waals surface area contributed by atoms with E-state index in [1.807, 2.05) is 44.2 Å². The van der Waals surface area contributed by atoms with Crippen LogP contribution >= 0.6 is 11.3 Å². The summed E-state index contributed by atoms with van der Waals surface area (Å²) in [4.78, 5) is 28.8. The van der Waals surface area contributed by atoms with Gasteiger partial charge in [0.05, 0.1) is 6.54 Å². The minimum absolute atomic E-state index is 0. The van der Waals surface area contributed by atoms with Crippen LogP contribution in [0.25, 0.3) is 10.6 Å². The van der Waals surface area contributed by atoms with E-state index in [4.69, 9.17) is 0 Å². The number of hydrogen-bond acceptors (Lipinski definition) is 5. The SMILES string of the molecule is CC1C(C)[C@H](C(=O)NCc2cnc(-c3ccccc3)s2)[C@@H]1C(=O)[O-].[Na+]. The van der Waals surface area contributed by atoms with Gasteiger partial charge in [-0.2, -0.15) is 0 Å². The maximum atomic E-state index is 12.3. The largest absolute Gasteiger partial charge is 1.00 e. The molecule has 1 heterocycles. The first-order valence-corrected chi connectivity index (χ1v) is 8.79. The van der Waals surface area contributed by atoms with Gasteiger partial charge < -0.3 is 15.2 Å². The number of amides is 1. The van der Waals surface area contributed by atoms with Gasteiger partial charge in [0.25, 0.3) is 0 Å². The fraction of sp³-hybridized carbons (Fsp3) is 0.389. The Morgan fingerprint density at radius 1 is 1.16 bits per heavy atom. The van der Waals surface area contributed by atoms with Gasteiger partial charge in [-0.15, -0.1) is 11.3 Å². The minimum atomic E-state index is -1.13. The van der Waals surface area contributed by atoms with Gasteiger partial charge in [0.2, 0.25) is 5.91 Å². The third kappa shape index (κ3) is 4.14. The second-order valence-electron chi connectivity index (χ2n) is 6.30. The number of nitrogens with one attached hydrogen (secondary N) is 1. The molecule has 1 fully saturated rings. The van der Waals surface area contributed by atoms with Crippen molar-refractivity contribution in [1.29, 1.82) is 0 Å². The van der Waals surface area contributed by atoms with Crippen molar-refractivity contribution in [1.82, 2.24) is 10.3 Å². The predicted octanol–water partition coefficient (Wildman–Crippen LogP) is -1.30. The Bertz CT molecular complexity index is 750. The van der Waals surface area contributed by atoms with E-state index in [0.717, 1.165) is 15.4 Å². The zero-order valence-corrected chi connectivity index (χ0v) is 17.4. The molecular formula is C18H19N2NaO3S. The molecule has 1 saturated carbocycles. The summed E-state index contributed by atoms with van der Waals surface area (Å²) in [5.74, 6) is -2.53. The van der Waals surface area contributed by atoms with Gasteiger partial charge in [0, 0.05) is 34.4 Å². The quantitative estimate of drug-likeness (QED) is 0.667. The van der Waals surface area contributed by atoms with Crippen LogP contribution in [-0.2, 0) is 16.1 Å². The Balaban J connectivity index is 0.00000225. The molecule has 2 aromatic rings. The molecule has 126 valence electrons. The average molecular weight is 366 g/mol. The van der Waals surface area contributed by atoms with Crippen molar-refractivity contribution in [3.05, 3.63) is 41.4 Å². The van der Waals surface area contributed by atoms with Crippen molar-refractivity contribution in [2.75, 3.05) is 0 Å². The zero-order valence-electron chi connectivity index (χ0n) is 14.6. The second kappa shape index (κ2) is 8.45. The van der Waals surface area contributed by atoms with Crippen molar-refractivity contribution in [3.63, 3.8) is 0 Å². The van der Waals surface area contributed by atoms with Crippen LogP contribution in [0.4, 0.5) is 0 Å². The smallest absolute Gasteiger partial charge is 0.550 e. The number of carbonyl (C=O) groups is 2. The molecule has 5 nitrogen and oxygen atoms in total. The van der Waals surface area contributed by atoms with Crippen LogP contribution in [0.1, 0.15) is 18.7 Å². The Morgan fingerprint density at radius 3 is 2.44 bits per heavy atom. The maximum absolute atomic E-state index is 12.3. The Morgan fingerprint density at radius 2 is 1.80 bits per heavy atom. The van der Waals surface area contributed by atoms with Gasteiger partial charge in [-0.25, -0.2) is 4.98 Å². The number of aliphatic carboxylic acids is 1. The molecule has 1 aliphatic carbocycles. The molecule has 0 radical (unpaired) electrons. The number of thiazole rings is 1. The molecule has 4 atom stereocenters. The van der Waals surface area contributed by atoms with Crippen LogP contribution in [0.3, 0.4) is 0 Å². The molecular weight excluding hydrogens is 347 g/mol. The van der Waals surface area contributed by atoms with Crippen LogP contribution in [-0.4, -0.2) is 16.9 Å². The number of carbonyl (C=O) groups excluding carboxylic acids is 2. The molecule has 25 heavy (non-hydrogen) atoms. The number of benzene rings is 1. The van der Waals surface area contributed by atoms with Gasteiger partial charge in [0.15, 0.2) is 0 Å². The first kappa shape index (κ1) is 20.1. The molecule has 2 unspecified atom stereocenters. The molecule has 3 rings (SSSR count). The van der Waals surface area contributed by atoms with Crippen LogP contribution in [0.2, 0.25) is 0 Å². The Kier molecular flexibility index (Phi) is 6.79. The molecule has 1 aromatic heterocycles. The van der Waals surface area contributed by atoms with Crippen LogP contribution in [0.15, 0.2) is 36.5 Å². The van der Waals surface area contributed by atoms with Gasteiger partial charge in [-0.3, -0.25) is 4.79 Å². The molecule has 1 aliphatic rings. The summed E-state index contributed by atoms with van der Waals surface area (Å²) in [5.41, 5.74) is 1.04. The monoisotopic (exact) mass is 366 g/mol. The third-order valence-electron chi connectivity index (χ3n) is 4.94. The summed E-state index contributed by atoms with van der Waals surface area (Å²) in [7, 11) is 0. The average Bonchev–Trinajstić information content (AvgIpc) is 3.06. The fourth-order valence-electron chi connectivity index (χ4n) is 3.32. The molecule has 0 spiro atoms. The molecule has 1 amide bonds. The molecule has 1 N–H and O–H groups in total. The summed E-state index contributed by atoms with van der Waals surface area (Å²) in [6.07, 6.45) is 1.75. The van der Waals surface area contributed by atoms with E-state index in [1.165, 1.54) is 11.3 Å². The van der Waals surface area contributed by atoms with Crippen molar-refractivity contribution in [3.8, 4) is 10.6 Å². The normalized spacial score (nSPS) is 24.7. The van der Waals surface area contributed by atoms with Crippen LogP contribution in [0, 0.1) is 23.7 Å². The Labute approximate surface area is 173 Å². The van der Waals surface area contributed by atoms with Crippen molar-refractivity contribution < 1.29 is 44.3 Å². The van der Waals surface area contributed by atoms with E-state index in [0.29, 0.717) is 6.54 Å². The molecule has 0 aliphatic heterocycles. The van der Waals surface area contributed by atoms with E-state index in [9.17, 15) is 14.7 Å². The second-order valence-corrected chi connectivity index (χ2v) is 7.42. The number of carboxylic acid groups (broad SMARTS) is 1. The van der Waals surface area contributed by atoms with Gasteiger partial charge >= 0.3 is 29.6 Å². The number of aromatic nitrogens is 1. The number of hydrogen-bond donors (Lipinski definition) is 1. The van der Waals surface area contributed by atoms with E-state index >= 15 is 0 Å². The molecule has 0 bridgehead atoms. The fourth-order valence-corrected chi connectivity index (χ4v) is 4.18. The predicted molar refractivity (Wildman–Crippen MR) is 89.7 cm³/mol. The van der Waals surface area contributed by atoms with Gasteiger partial charge in [-0.05, 0) is 11.8 Å². The number of carboxylic acids is 1.